The minimum Gasteiger partial charge on any atom is -0.276 e. The molecule has 1 aliphatic carbocycles. The standard InChI is InChI=1S/C17H23ClO/c1-3-4-13-5-10-16(11-12(13)2)14-6-8-15(9-7-14)17(18)19/h6-9,12-13,16H,3-5,10-11H2,1-2H3. The van der Waals surface area contributed by atoms with E-state index in [-0.39, 0.29) is 5.24 Å². The van der Waals surface area contributed by atoms with E-state index in [1.165, 1.54) is 37.7 Å². The second-order valence-corrected chi connectivity index (χ2v) is 6.28. The Morgan fingerprint density at radius 2 is 1.95 bits per heavy atom. The van der Waals surface area contributed by atoms with Gasteiger partial charge in [-0.1, -0.05) is 38.8 Å². The fourth-order valence-corrected chi connectivity index (χ4v) is 3.57. The van der Waals surface area contributed by atoms with Crippen LogP contribution in [0.25, 0.3) is 0 Å². The van der Waals surface area contributed by atoms with Crippen LogP contribution in [0.15, 0.2) is 24.3 Å². The molecule has 1 nitrogen and oxygen atoms in total. The van der Waals surface area contributed by atoms with Crippen LogP contribution >= 0.6 is 11.6 Å². The smallest absolute Gasteiger partial charge is 0.252 e. The number of benzene rings is 1. The van der Waals surface area contributed by atoms with Gasteiger partial charge in [0.1, 0.15) is 0 Å². The van der Waals surface area contributed by atoms with Gasteiger partial charge in [0, 0.05) is 5.56 Å². The van der Waals surface area contributed by atoms with E-state index < -0.39 is 0 Å². The van der Waals surface area contributed by atoms with Crippen LogP contribution in [-0.2, 0) is 0 Å². The first-order valence-electron chi connectivity index (χ1n) is 7.41. The SMILES string of the molecule is CCCC1CCC(c2ccc(C(=O)Cl)cc2)CC1C. The van der Waals surface area contributed by atoms with Gasteiger partial charge in [0.25, 0.3) is 5.24 Å². The van der Waals surface area contributed by atoms with Gasteiger partial charge in [0.2, 0.25) is 0 Å². The van der Waals surface area contributed by atoms with Crippen molar-refractivity contribution in [2.24, 2.45) is 11.8 Å². The van der Waals surface area contributed by atoms with Crippen LogP contribution in [0.2, 0.25) is 0 Å². The summed E-state index contributed by atoms with van der Waals surface area (Å²) in [5, 5.41) is -0.369. The summed E-state index contributed by atoms with van der Waals surface area (Å²) in [6.07, 6.45) is 6.57. The Bertz CT molecular complexity index is 423. The Hall–Kier alpha value is -0.820. The summed E-state index contributed by atoms with van der Waals surface area (Å²) in [5.41, 5.74) is 1.96. The normalized spacial score (nSPS) is 27.2. The van der Waals surface area contributed by atoms with E-state index in [1.807, 2.05) is 12.1 Å². The Morgan fingerprint density at radius 3 is 2.47 bits per heavy atom. The Balaban J connectivity index is 2.01. The van der Waals surface area contributed by atoms with Crippen LogP contribution in [0.1, 0.15) is 67.8 Å². The summed E-state index contributed by atoms with van der Waals surface area (Å²) >= 11 is 5.48. The lowest BCUT2D eigenvalue weighted by Gasteiger charge is -2.34. The third kappa shape index (κ3) is 3.60. The van der Waals surface area contributed by atoms with Crippen molar-refractivity contribution in [1.29, 1.82) is 0 Å². The predicted molar refractivity (Wildman–Crippen MR) is 80.8 cm³/mol. The second-order valence-electron chi connectivity index (χ2n) is 5.93. The lowest BCUT2D eigenvalue weighted by atomic mass is 9.71. The van der Waals surface area contributed by atoms with Crippen LogP contribution < -0.4 is 0 Å². The molecular formula is C17H23ClO. The molecule has 0 heterocycles. The molecule has 1 saturated carbocycles. The molecule has 0 bridgehead atoms. The molecule has 0 aromatic heterocycles. The van der Waals surface area contributed by atoms with Gasteiger partial charge in [-0.2, -0.15) is 0 Å². The van der Waals surface area contributed by atoms with Crippen LogP contribution in [0, 0.1) is 11.8 Å². The summed E-state index contributed by atoms with van der Waals surface area (Å²) in [4.78, 5) is 11.1. The fraction of sp³-hybridized carbons (Fsp3) is 0.588. The highest BCUT2D eigenvalue weighted by molar-refractivity contribution is 6.67. The number of hydrogen-bond acceptors (Lipinski definition) is 1. The number of rotatable bonds is 4. The van der Waals surface area contributed by atoms with Crippen molar-refractivity contribution in [3.63, 3.8) is 0 Å². The third-order valence-electron chi connectivity index (χ3n) is 4.62. The minimum atomic E-state index is -0.369. The number of hydrogen-bond donors (Lipinski definition) is 0. The van der Waals surface area contributed by atoms with Gasteiger partial charge in [0.05, 0.1) is 0 Å². The molecule has 1 fully saturated rings. The monoisotopic (exact) mass is 278 g/mol. The highest BCUT2D eigenvalue weighted by atomic mass is 35.5. The van der Waals surface area contributed by atoms with Crippen molar-refractivity contribution in [1.82, 2.24) is 0 Å². The third-order valence-corrected chi connectivity index (χ3v) is 4.83. The maximum atomic E-state index is 11.1. The highest BCUT2D eigenvalue weighted by Crippen LogP contribution is 2.41. The summed E-state index contributed by atoms with van der Waals surface area (Å²) in [5.74, 6) is 2.38. The maximum Gasteiger partial charge on any atom is 0.252 e. The first kappa shape index (κ1) is 14.6. The van der Waals surface area contributed by atoms with Crippen LogP contribution in [0.4, 0.5) is 0 Å². The van der Waals surface area contributed by atoms with Gasteiger partial charge in [-0.3, -0.25) is 4.79 Å². The van der Waals surface area contributed by atoms with Crippen LogP contribution in [0.3, 0.4) is 0 Å². The zero-order valence-electron chi connectivity index (χ0n) is 11.9. The van der Waals surface area contributed by atoms with E-state index in [1.54, 1.807) is 0 Å². The fourth-order valence-electron chi connectivity index (χ4n) is 3.45. The van der Waals surface area contributed by atoms with E-state index in [4.69, 9.17) is 11.6 Å². The summed E-state index contributed by atoms with van der Waals surface area (Å²) < 4.78 is 0. The van der Waals surface area contributed by atoms with Gasteiger partial charge in [0.15, 0.2) is 0 Å². The van der Waals surface area contributed by atoms with Crippen molar-refractivity contribution < 1.29 is 4.79 Å². The van der Waals surface area contributed by atoms with Gasteiger partial charge in [-0.05, 0) is 66.3 Å². The van der Waals surface area contributed by atoms with Crippen LogP contribution in [0.5, 0.6) is 0 Å². The molecule has 3 unspecified atom stereocenters. The average molecular weight is 279 g/mol. The average Bonchev–Trinajstić information content (AvgIpc) is 2.41. The summed E-state index contributed by atoms with van der Waals surface area (Å²) in [7, 11) is 0. The molecule has 2 rings (SSSR count). The number of halogens is 1. The molecule has 0 N–H and O–H groups in total. The predicted octanol–water partition coefficient (Wildman–Crippen LogP) is 5.39. The Morgan fingerprint density at radius 1 is 1.26 bits per heavy atom. The Kier molecular flexibility index (Phi) is 5.04. The first-order valence-corrected chi connectivity index (χ1v) is 7.79. The van der Waals surface area contributed by atoms with Crippen molar-refractivity contribution in [2.75, 3.05) is 0 Å². The van der Waals surface area contributed by atoms with Gasteiger partial charge in [-0.25, -0.2) is 0 Å². The molecule has 104 valence electrons. The molecule has 1 aromatic carbocycles. The quantitative estimate of drug-likeness (QED) is 0.675. The maximum absolute atomic E-state index is 11.1. The topological polar surface area (TPSA) is 17.1 Å². The van der Waals surface area contributed by atoms with Crippen molar-refractivity contribution in [2.45, 2.75) is 51.9 Å². The molecule has 2 heteroatoms. The lowest BCUT2D eigenvalue weighted by Crippen LogP contribution is -2.21. The van der Waals surface area contributed by atoms with E-state index in [9.17, 15) is 4.79 Å². The van der Waals surface area contributed by atoms with E-state index in [0.717, 1.165) is 11.8 Å². The molecule has 3 atom stereocenters. The minimum absolute atomic E-state index is 0.369. The summed E-state index contributed by atoms with van der Waals surface area (Å²) in [6.45, 7) is 4.67. The van der Waals surface area contributed by atoms with Gasteiger partial charge < -0.3 is 0 Å². The highest BCUT2D eigenvalue weighted by Gasteiger charge is 2.27. The van der Waals surface area contributed by atoms with Crippen molar-refractivity contribution in [3.05, 3.63) is 35.4 Å². The van der Waals surface area contributed by atoms with Crippen LogP contribution in [-0.4, -0.2) is 5.24 Å². The number of carbonyl (C=O) groups is 1. The zero-order chi connectivity index (χ0) is 13.8. The molecule has 0 saturated heterocycles. The first-order chi connectivity index (χ1) is 9.11. The molecule has 0 amide bonds. The molecular weight excluding hydrogens is 256 g/mol. The van der Waals surface area contributed by atoms with E-state index in [2.05, 4.69) is 26.0 Å². The second kappa shape index (κ2) is 6.56. The molecule has 0 radical (unpaired) electrons. The molecule has 1 aliphatic rings. The molecule has 1 aromatic rings. The summed E-state index contributed by atoms with van der Waals surface area (Å²) in [6, 6.07) is 7.86. The lowest BCUT2D eigenvalue weighted by molar-refractivity contribution is 0.108. The molecule has 0 aliphatic heterocycles. The van der Waals surface area contributed by atoms with E-state index >= 15 is 0 Å². The largest absolute Gasteiger partial charge is 0.276 e. The van der Waals surface area contributed by atoms with Crippen molar-refractivity contribution in [3.8, 4) is 0 Å². The van der Waals surface area contributed by atoms with E-state index in [0.29, 0.717) is 11.5 Å². The van der Waals surface area contributed by atoms with Gasteiger partial charge in [-0.15, -0.1) is 0 Å². The molecule has 19 heavy (non-hydrogen) atoms. The zero-order valence-corrected chi connectivity index (χ0v) is 12.6. The van der Waals surface area contributed by atoms with Crippen molar-refractivity contribution >= 4 is 16.8 Å². The van der Waals surface area contributed by atoms with Gasteiger partial charge >= 0.3 is 0 Å². The molecule has 0 spiro atoms. The number of carbonyl (C=O) groups excluding carboxylic acids is 1. The Labute approximate surface area is 121 Å².